The number of carbonyl (C=O) groups excluding carboxylic acids is 2. The molecule has 3 aliphatic rings. The Bertz CT molecular complexity index is 430. The maximum atomic E-state index is 12.5. The minimum absolute atomic E-state index is 0.0168. The Morgan fingerprint density at radius 3 is 2.42 bits per heavy atom. The van der Waals surface area contributed by atoms with E-state index in [2.05, 4.69) is 12.2 Å². The molecule has 6 heteroatoms. The van der Waals surface area contributed by atoms with Crippen molar-refractivity contribution < 1.29 is 9.59 Å². The Labute approximate surface area is 122 Å². The van der Waals surface area contributed by atoms with E-state index in [1.54, 1.807) is 0 Å². The summed E-state index contributed by atoms with van der Waals surface area (Å²) in [6.45, 7) is 2.53. The fourth-order valence-corrected chi connectivity index (χ4v) is 3.63. The zero-order chi connectivity index (χ0) is 13.8. The maximum absolute atomic E-state index is 12.5. The molecule has 3 amide bonds. The topological polar surface area (TPSA) is 49.4 Å². The summed E-state index contributed by atoms with van der Waals surface area (Å²) in [7, 11) is 0. The van der Waals surface area contributed by atoms with Crippen molar-refractivity contribution in [3.63, 3.8) is 0 Å². The van der Waals surface area contributed by atoms with Crippen molar-refractivity contribution in [1.29, 1.82) is 0 Å². The summed E-state index contributed by atoms with van der Waals surface area (Å²) in [5, 5.41) is 2.90. The van der Waals surface area contributed by atoms with Crippen LogP contribution in [0.3, 0.4) is 0 Å². The van der Waals surface area contributed by atoms with Gasteiger partial charge in [0.15, 0.2) is 0 Å². The van der Waals surface area contributed by atoms with Crippen molar-refractivity contribution in [2.24, 2.45) is 11.8 Å². The zero-order valence-corrected chi connectivity index (χ0v) is 12.4. The number of rotatable bonds is 2. The number of hydrogen-bond donors (Lipinski definition) is 1. The molecular formula is C13H18Cl2N2O2. The van der Waals surface area contributed by atoms with Crippen molar-refractivity contribution in [2.75, 3.05) is 6.54 Å². The summed E-state index contributed by atoms with van der Waals surface area (Å²) >= 11 is 11.9. The molecule has 0 unspecified atom stereocenters. The molecule has 2 aliphatic carbocycles. The van der Waals surface area contributed by atoms with Gasteiger partial charge in [0.05, 0.1) is 0 Å². The fourth-order valence-electron chi connectivity index (χ4n) is 3.12. The van der Waals surface area contributed by atoms with Gasteiger partial charge in [0.25, 0.3) is 5.91 Å². The van der Waals surface area contributed by atoms with Crippen LogP contribution in [0.4, 0.5) is 4.79 Å². The van der Waals surface area contributed by atoms with Gasteiger partial charge in [-0.25, -0.2) is 4.79 Å². The van der Waals surface area contributed by atoms with Crippen molar-refractivity contribution in [2.45, 2.75) is 48.9 Å². The summed E-state index contributed by atoms with van der Waals surface area (Å²) < 4.78 is -0.753. The van der Waals surface area contributed by atoms with Crippen LogP contribution in [0.2, 0.25) is 0 Å². The molecule has 0 aromatic carbocycles. The smallest absolute Gasteiger partial charge is 0.323 e. The van der Waals surface area contributed by atoms with Gasteiger partial charge in [-0.05, 0) is 38.0 Å². The lowest BCUT2D eigenvalue weighted by molar-refractivity contribution is -0.132. The maximum Gasteiger partial charge on any atom is 0.325 e. The van der Waals surface area contributed by atoms with Crippen LogP contribution in [0.5, 0.6) is 0 Å². The number of amides is 3. The zero-order valence-electron chi connectivity index (χ0n) is 10.9. The van der Waals surface area contributed by atoms with Gasteiger partial charge in [0, 0.05) is 12.5 Å². The van der Waals surface area contributed by atoms with Crippen molar-refractivity contribution in [1.82, 2.24) is 10.2 Å². The lowest BCUT2D eigenvalue weighted by Gasteiger charge is -2.33. The molecule has 1 spiro atoms. The molecule has 3 fully saturated rings. The Morgan fingerprint density at radius 2 is 1.89 bits per heavy atom. The molecular weight excluding hydrogens is 287 g/mol. The van der Waals surface area contributed by atoms with Gasteiger partial charge in [0.1, 0.15) is 9.87 Å². The molecule has 1 atom stereocenters. The van der Waals surface area contributed by atoms with E-state index < -0.39 is 9.87 Å². The van der Waals surface area contributed by atoms with Gasteiger partial charge >= 0.3 is 6.03 Å². The normalized spacial score (nSPS) is 40.7. The van der Waals surface area contributed by atoms with Crippen LogP contribution in [-0.4, -0.2) is 33.3 Å². The summed E-state index contributed by atoms with van der Waals surface area (Å²) in [6.07, 6.45) is 4.10. The predicted octanol–water partition coefficient (Wildman–Crippen LogP) is 2.68. The van der Waals surface area contributed by atoms with E-state index in [1.807, 2.05) is 0 Å². The number of nitrogens with zero attached hydrogens (tertiary/aromatic N) is 1. The lowest BCUT2D eigenvalue weighted by atomic mass is 9.77. The van der Waals surface area contributed by atoms with Crippen LogP contribution in [0, 0.1) is 11.8 Å². The van der Waals surface area contributed by atoms with Crippen LogP contribution in [0.15, 0.2) is 0 Å². The summed E-state index contributed by atoms with van der Waals surface area (Å²) in [4.78, 5) is 25.9. The number of hydrogen-bond acceptors (Lipinski definition) is 2. The monoisotopic (exact) mass is 304 g/mol. The third-order valence-electron chi connectivity index (χ3n) is 4.73. The highest BCUT2D eigenvalue weighted by molar-refractivity contribution is 6.50. The summed E-state index contributed by atoms with van der Waals surface area (Å²) in [6, 6.07) is -0.282. The SMILES string of the molecule is CC1CCC2(CC1)NC(=O)N(C[C@H]1CC1(Cl)Cl)C2=O. The molecule has 4 nitrogen and oxygen atoms in total. The summed E-state index contributed by atoms with van der Waals surface area (Å²) in [5.41, 5.74) is -0.653. The van der Waals surface area contributed by atoms with E-state index in [4.69, 9.17) is 23.2 Å². The molecule has 19 heavy (non-hydrogen) atoms. The third-order valence-corrected chi connectivity index (χ3v) is 5.66. The van der Waals surface area contributed by atoms with Gasteiger partial charge in [-0.2, -0.15) is 0 Å². The number of urea groups is 1. The fraction of sp³-hybridized carbons (Fsp3) is 0.846. The van der Waals surface area contributed by atoms with Crippen LogP contribution < -0.4 is 5.32 Å². The predicted molar refractivity (Wildman–Crippen MR) is 73.2 cm³/mol. The van der Waals surface area contributed by atoms with Crippen LogP contribution in [0.25, 0.3) is 0 Å². The van der Waals surface area contributed by atoms with Crippen LogP contribution in [-0.2, 0) is 4.79 Å². The Balaban J connectivity index is 1.71. The average Bonchev–Trinajstić information content (AvgIpc) is 2.88. The minimum Gasteiger partial charge on any atom is -0.323 e. The van der Waals surface area contributed by atoms with E-state index in [9.17, 15) is 9.59 Å². The number of imide groups is 1. The second-order valence-electron chi connectivity index (χ2n) is 6.27. The molecule has 0 aromatic rings. The standard InChI is InChI=1S/C13H18Cl2N2O2/c1-8-2-4-12(5-3-8)10(18)17(11(19)16-12)7-9-6-13(9,14)15/h8-9H,2-7H2,1H3,(H,16,19)/t8?,9-,12?/m1/s1. The number of halogens is 2. The largest absolute Gasteiger partial charge is 0.325 e. The number of carbonyl (C=O) groups is 2. The second-order valence-corrected chi connectivity index (χ2v) is 7.82. The third kappa shape index (κ3) is 2.23. The van der Waals surface area contributed by atoms with Crippen molar-refractivity contribution in [3.05, 3.63) is 0 Å². The highest BCUT2D eigenvalue weighted by atomic mass is 35.5. The highest BCUT2D eigenvalue weighted by Crippen LogP contribution is 2.53. The second kappa shape index (κ2) is 4.26. The molecule has 0 bridgehead atoms. The van der Waals surface area contributed by atoms with Crippen LogP contribution in [0.1, 0.15) is 39.0 Å². The molecule has 1 heterocycles. The summed E-state index contributed by atoms with van der Waals surface area (Å²) in [5.74, 6) is 0.565. The van der Waals surface area contributed by atoms with E-state index in [-0.39, 0.29) is 17.9 Å². The number of alkyl halides is 2. The van der Waals surface area contributed by atoms with E-state index in [1.165, 1.54) is 4.90 Å². The highest BCUT2D eigenvalue weighted by Gasteiger charge is 2.57. The molecule has 1 N–H and O–H groups in total. The molecule has 0 radical (unpaired) electrons. The van der Waals surface area contributed by atoms with Gasteiger partial charge in [0.2, 0.25) is 0 Å². The van der Waals surface area contributed by atoms with E-state index in [0.717, 1.165) is 25.7 Å². The van der Waals surface area contributed by atoms with Gasteiger partial charge < -0.3 is 5.32 Å². The molecule has 1 saturated heterocycles. The number of nitrogens with one attached hydrogen (secondary N) is 1. The quantitative estimate of drug-likeness (QED) is 0.630. The first-order valence-electron chi connectivity index (χ1n) is 6.86. The minimum atomic E-state index is -0.753. The molecule has 106 valence electrons. The molecule has 2 saturated carbocycles. The van der Waals surface area contributed by atoms with Crippen molar-refractivity contribution >= 4 is 35.1 Å². The average molecular weight is 305 g/mol. The molecule has 1 aliphatic heterocycles. The molecule has 0 aromatic heterocycles. The first kappa shape index (κ1) is 13.5. The molecule has 3 rings (SSSR count). The Kier molecular flexibility index (Phi) is 3.02. The van der Waals surface area contributed by atoms with Crippen molar-refractivity contribution in [3.8, 4) is 0 Å². The first-order chi connectivity index (χ1) is 8.84. The van der Waals surface area contributed by atoms with Gasteiger partial charge in [-0.1, -0.05) is 6.92 Å². The van der Waals surface area contributed by atoms with Gasteiger partial charge in [-0.15, -0.1) is 23.2 Å². The first-order valence-corrected chi connectivity index (χ1v) is 7.62. The van der Waals surface area contributed by atoms with E-state index >= 15 is 0 Å². The van der Waals surface area contributed by atoms with E-state index in [0.29, 0.717) is 18.9 Å². The lowest BCUT2D eigenvalue weighted by Crippen LogP contribution is -2.49. The van der Waals surface area contributed by atoms with Crippen LogP contribution >= 0.6 is 23.2 Å². The van der Waals surface area contributed by atoms with Gasteiger partial charge in [-0.3, -0.25) is 9.69 Å². The Hall–Kier alpha value is -0.480. The Morgan fingerprint density at radius 1 is 1.32 bits per heavy atom.